The third-order valence-corrected chi connectivity index (χ3v) is 3.96. The summed E-state index contributed by atoms with van der Waals surface area (Å²) in [6.07, 6.45) is 0. The van der Waals surface area contributed by atoms with Crippen molar-refractivity contribution in [2.45, 2.75) is 6.92 Å². The molecule has 2 heterocycles. The number of hydrogen-bond acceptors (Lipinski definition) is 5. The van der Waals surface area contributed by atoms with Crippen LogP contribution in [0.2, 0.25) is 0 Å². The number of ether oxygens (including phenoxy) is 2. The molecule has 116 valence electrons. The Labute approximate surface area is 132 Å². The van der Waals surface area contributed by atoms with Gasteiger partial charge in [-0.05, 0) is 24.6 Å². The molecule has 0 spiro atoms. The number of nitrogen functional groups attached to an aromatic ring is 1. The van der Waals surface area contributed by atoms with Crippen LogP contribution in [-0.4, -0.2) is 13.2 Å². The van der Waals surface area contributed by atoms with Gasteiger partial charge >= 0.3 is 0 Å². The van der Waals surface area contributed by atoms with Gasteiger partial charge in [0, 0.05) is 23.4 Å². The topological polar surface area (TPSA) is 74.7 Å². The second-order valence-corrected chi connectivity index (χ2v) is 5.54. The first-order chi connectivity index (χ1) is 11.1. The zero-order valence-electron chi connectivity index (χ0n) is 12.6. The van der Waals surface area contributed by atoms with Gasteiger partial charge in [-0.25, -0.2) is 0 Å². The van der Waals surface area contributed by atoms with E-state index in [0.717, 1.165) is 11.1 Å². The molecule has 4 rings (SSSR count). The van der Waals surface area contributed by atoms with Crippen molar-refractivity contribution in [1.82, 2.24) is 0 Å². The first-order valence-corrected chi connectivity index (χ1v) is 7.36. The third-order valence-electron chi connectivity index (χ3n) is 3.96. The van der Waals surface area contributed by atoms with Gasteiger partial charge in [-0.2, -0.15) is 0 Å². The Morgan fingerprint density at radius 1 is 1.00 bits per heavy atom. The number of nitrogens with two attached hydrogens (primary N) is 1. The number of anilines is 1. The Balaban J connectivity index is 1.92. The minimum Gasteiger partial charge on any atom is -0.486 e. The van der Waals surface area contributed by atoms with Crippen LogP contribution < -0.4 is 20.6 Å². The molecule has 3 aromatic rings. The average molecular weight is 309 g/mol. The fraction of sp³-hybridized carbons (Fsp3) is 0.167. The van der Waals surface area contributed by atoms with E-state index in [1.54, 1.807) is 18.2 Å². The lowest BCUT2D eigenvalue weighted by Crippen LogP contribution is -2.15. The highest BCUT2D eigenvalue weighted by atomic mass is 16.6. The summed E-state index contributed by atoms with van der Waals surface area (Å²) < 4.78 is 17.0. The largest absolute Gasteiger partial charge is 0.486 e. The summed E-state index contributed by atoms with van der Waals surface area (Å²) in [4.78, 5) is 12.4. The number of rotatable bonds is 1. The van der Waals surface area contributed by atoms with Crippen molar-refractivity contribution in [1.29, 1.82) is 0 Å². The van der Waals surface area contributed by atoms with Gasteiger partial charge in [0.05, 0.1) is 5.39 Å². The second kappa shape index (κ2) is 5.05. The molecule has 2 aromatic carbocycles. The monoisotopic (exact) mass is 309 g/mol. The lowest BCUT2D eigenvalue weighted by Gasteiger charge is -2.18. The fourth-order valence-corrected chi connectivity index (χ4v) is 2.63. The van der Waals surface area contributed by atoms with Crippen molar-refractivity contribution in [2.24, 2.45) is 0 Å². The molecule has 5 nitrogen and oxygen atoms in total. The summed E-state index contributed by atoms with van der Waals surface area (Å²) >= 11 is 0. The predicted octanol–water partition coefficient (Wildman–Crippen LogP) is 3.12. The van der Waals surface area contributed by atoms with Crippen molar-refractivity contribution < 1.29 is 13.9 Å². The van der Waals surface area contributed by atoms with E-state index < -0.39 is 0 Å². The van der Waals surface area contributed by atoms with Gasteiger partial charge in [-0.1, -0.05) is 12.1 Å². The number of aryl methyl sites for hydroxylation is 1. The van der Waals surface area contributed by atoms with Gasteiger partial charge in [0.15, 0.2) is 16.9 Å². The molecule has 0 bridgehead atoms. The third kappa shape index (κ3) is 2.30. The second-order valence-electron chi connectivity index (χ2n) is 5.54. The molecule has 0 saturated heterocycles. The van der Waals surface area contributed by atoms with Crippen LogP contribution >= 0.6 is 0 Å². The van der Waals surface area contributed by atoms with Gasteiger partial charge in [-0.3, -0.25) is 4.79 Å². The maximum absolute atomic E-state index is 12.4. The van der Waals surface area contributed by atoms with Crippen LogP contribution in [0, 0.1) is 6.92 Å². The lowest BCUT2D eigenvalue weighted by molar-refractivity contribution is 0.172. The van der Waals surface area contributed by atoms with E-state index in [4.69, 9.17) is 19.6 Å². The van der Waals surface area contributed by atoms with E-state index in [9.17, 15) is 4.79 Å². The molecule has 0 saturated carbocycles. The van der Waals surface area contributed by atoms with Crippen LogP contribution in [0.1, 0.15) is 5.56 Å². The van der Waals surface area contributed by atoms with E-state index in [2.05, 4.69) is 0 Å². The van der Waals surface area contributed by atoms with Gasteiger partial charge in [0.2, 0.25) is 0 Å². The Kier molecular flexibility index (Phi) is 3.01. The molecule has 5 heteroatoms. The van der Waals surface area contributed by atoms with E-state index in [1.807, 2.05) is 19.1 Å². The highest BCUT2D eigenvalue weighted by Crippen LogP contribution is 2.35. The predicted molar refractivity (Wildman–Crippen MR) is 88.1 cm³/mol. The van der Waals surface area contributed by atoms with Gasteiger partial charge in [0.25, 0.3) is 0 Å². The first kappa shape index (κ1) is 13.7. The van der Waals surface area contributed by atoms with Crippen LogP contribution in [0.15, 0.2) is 45.6 Å². The summed E-state index contributed by atoms with van der Waals surface area (Å²) in [6, 6.07) is 10.4. The van der Waals surface area contributed by atoms with Gasteiger partial charge < -0.3 is 19.6 Å². The normalized spacial score (nSPS) is 13.3. The summed E-state index contributed by atoms with van der Waals surface area (Å²) in [5, 5.41) is 0.470. The zero-order valence-corrected chi connectivity index (χ0v) is 12.6. The minimum atomic E-state index is -0.127. The SMILES string of the molecule is Cc1ccc(-c2cc(=O)c3cc4c(cc3o2)OCCO4)cc1N. The van der Waals surface area contributed by atoms with Crippen LogP contribution in [0.25, 0.3) is 22.3 Å². The van der Waals surface area contributed by atoms with Crippen molar-refractivity contribution in [3.63, 3.8) is 0 Å². The van der Waals surface area contributed by atoms with Crippen molar-refractivity contribution in [3.05, 3.63) is 52.2 Å². The van der Waals surface area contributed by atoms with Crippen molar-refractivity contribution in [3.8, 4) is 22.8 Å². The van der Waals surface area contributed by atoms with E-state index in [0.29, 0.717) is 47.1 Å². The highest BCUT2D eigenvalue weighted by molar-refractivity contribution is 5.83. The Morgan fingerprint density at radius 3 is 2.48 bits per heavy atom. The molecule has 0 unspecified atom stereocenters. The summed E-state index contributed by atoms with van der Waals surface area (Å²) in [6.45, 7) is 2.89. The van der Waals surface area contributed by atoms with Crippen LogP contribution in [-0.2, 0) is 0 Å². The van der Waals surface area contributed by atoms with Gasteiger partial charge in [-0.15, -0.1) is 0 Å². The Morgan fingerprint density at radius 2 is 1.74 bits per heavy atom. The summed E-state index contributed by atoms with van der Waals surface area (Å²) in [5.74, 6) is 1.64. The molecule has 0 aliphatic carbocycles. The smallest absolute Gasteiger partial charge is 0.193 e. The fourth-order valence-electron chi connectivity index (χ4n) is 2.63. The average Bonchev–Trinajstić information content (AvgIpc) is 2.56. The van der Waals surface area contributed by atoms with Crippen molar-refractivity contribution in [2.75, 3.05) is 18.9 Å². The number of fused-ring (bicyclic) bond motifs is 2. The summed E-state index contributed by atoms with van der Waals surface area (Å²) in [7, 11) is 0. The van der Waals surface area contributed by atoms with E-state index in [1.165, 1.54) is 6.07 Å². The molecule has 0 fully saturated rings. The molecule has 2 N–H and O–H groups in total. The molecule has 0 radical (unpaired) electrons. The van der Waals surface area contributed by atoms with E-state index in [-0.39, 0.29) is 5.43 Å². The molecule has 1 aliphatic heterocycles. The number of hydrogen-bond donors (Lipinski definition) is 1. The molecular formula is C18H15NO4. The quantitative estimate of drug-likeness (QED) is 0.699. The maximum atomic E-state index is 12.4. The molecule has 1 aromatic heterocycles. The van der Waals surface area contributed by atoms with Crippen LogP contribution in [0.4, 0.5) is 5.69 Å². The van der Waals surface area contributed by atoms with Crippen LogP contribution in [0.3, 0.4) is 0 Å². The Bertz CT molecular complexity index is 975. The van der Waals surface area contributed by atoms with Crippen LogP contribution in [0.5, 0.6) is 11.5 Å². The minimum absolute atomic E-state index is 0.127. The standard InChI is InChI=1S/C18H15NO4/c1-10-2-3-11(6-13(10)19)15-8-14(20)12-7-17-18(9-16(12)23-15)22-5-4-21-17/h2-3,6-9H,4-5,19H2,1H3. The van der Waals surface area contributed by atoms with E-state index >= 15 is 0 Å². The molecular weight excluding hydrogens is 294 g/mol. The molecule has 0 atom stereocenters. The molecule has 1 aliphatic rings. The molecule has 0 amide bonds. The van der Waals surface area contributed by atoms with Crippen molar-refractivity contribution >= 4 is 16.7 Å². The maximum Gasteiger partial charge on any atom is 0.193 e. The highest BCUT2D eigenvalue weighted by Gasteiger charge is 2.16. The Hall–Kier alpha value is -2.95. The van der Waals surface area contributed by atoms with Gasteiger partial charge in [0.1, 0.15) is 24.6 Å². The summed E-state index contributed by atoms with van der Waals surface area (Å²) in [5.41, 5.74) is 8.69. The first-order valence-electron chi connectivity index (χ1n) is 7.36. The number of benzene rings is 2. The zero-order chi connectivity index (χ0) is 16.0. The lowest BCUT2D eigenvalue weighted by atomic mass is 10.1. The molecule has 23 heavy (non-hydrogen) atoms.